The van der Waals surface area contributed by atoms with Crippen LogP contribution >= 0.6 is 11.8 Å². The lowest BCUT2D eigenvalue weighted by atomic mass is 10.1. The molecule has 28 heavy (non-hydrogen) atoms. The normalized spacial score (nSPS) is 10.7. The van der Waals surface area contributed by atoms with Crippen LogP contribution < -0.4 is 19.8 Å². The topological polar surface area (TPSA) is 91.3 Å². The van der Waals surface area contributed by atoms with Gasteiger partial charge in [0.25, 0.3) is 5.03 Å². The van der Waals surface area contributed by atoms with Crippen LogP contribution in [0.4, 0.5) is 5.69 Å². The van der Waals surface area contributed by atoms with Crippen molar-refractivity contribution in [3.05, 3.63) is 53.6 Å². The number of hydrogen-bond donors (Lipinski definition) is 1. The van der Waals surface area contributed by atoms with Crippen LogP contribution in [0.2, 0.25) is 0 Å². The van der Waals surface area contributed by atoms with Crippen molar-refractivity contribution in [3.63, 3.8) is 0 Å². The summed E-state index contributed by atoms with van der Waals surface area (Å²) in [7, 11) is 1.58. The van der Waals surface area contributed by atoms with Gasteiger partial charge in [-0.05, 0) is 53.0 Å². The van der Waals surface area contributed by atoms with Crippen molar-refractivity contribution >= 4 is 23.4 Å². The fourth-order valence-electron chi connectivity index (χ4n) is 2.76. The summed E-state index contributed by atoms with van der Waals surface area (Å²) in [4.78, 5) is 12.5. The number of nitrogens with zero attached hydrogens (tertiary/aromatic N) is 2. The Labute approximate surface area is 167 Å². The van der Waals surface area contributed by atoms with Gasteiger partial charge in [-0.1, -0.05) is 25.1 Å². The number of anilines is 1. The number of aryl methyl sites for hydroxylation is 2. The van der Waals surface area contributed by atoms with E-state index >= 15 is 0 Å². The highest BCUT2D eigenvalue weighted by Crippen LogP contribution is 2.25. The summed E-state index contributed by atoms with van der Waals surface area (Å²) < 4.78 is 11.3. The van der Waals surface area contributed by atoms with Gasteiger partial charge in [0.2, 0.25) is 11.6 Å². The number of para-hydroxylation sites is 1. The summed E-state index contributed by atoms with van der Waals surface area (Å²) in [6.07, 6.45) is 0.818. The Morgan fingerprint density at radius 2 is 2.04 bits per heavy atom. The lowest BCUT2D eigenvalue weighted by Crippen LogP contribution is -2.35. The second-order valence-corrected chi connectivity index (χ2v) is 7.04. The Hall–Kier alpha value is -3.00. The first kappa shape index (κ1) is 19.8. The number of methoxy groups -OCH3 is 1. The first-order chi connectivity index (χ1) is 13.5. The maximum Gasteiger partial charge on any atom is 0.298 e. The molecule has 0 aliphatic rings. The Bertz CT molecular complexity index is 970. The van der Waals surface area contributed by atoms with E-state index in [4.69, 9.17) is 9.26 Å². The summed E-state index contributed by atoms with van der Waals surface area (Å²) in [6.45, 7) is 3.99. The molecule has 0 unspecified atom stereocenters. The molecular formula is C20H21N3O4S. The molecule has 3 aromatic rings. The first-order valence-electron chi connectivity index (χ1n) is 8.78. The Morgan fingerprint density at radius 1 is 1.29 bits per heavy atom. The van der Waals surface area contributed by atoms with Gasteiger partial charge in [-0.3, -0.25) is 4.79 Å². The van der Waals surface area contributed by atoms with Crippen LogP contribution in [0.5, 0.6) is 11.7 Å². The molecule has 0 saturated carbocycles. The third-order valence-corrected chi connectivity index (χ3v) is 5.25. The molecule has 7 nitrogen and oxygen atoms in total. The summed E-state index contributed by atoms with van der Waals surface area (Å²) >= 11 is 1.08. The van der Waals surface area contributed by atoms with Gasteiger partial charge in [-0.25, -0.2) is 0 Å². The molecule has 1 heterocycles. The average Bonchev–Trinajstić information content (AvgIpc) is 3.08. The van der Waals surface area contributed by atoms with Crippen LogP contribution in [0.15, 0.2) is 52.0 Å². The molecule has 3 rings (SSSR count). The van der Waals surface area contributed by atoms with Crippen molar-refractivity contribution in [2.75, 3.05) is 18.2 Å². The van der Waals surface area contributed by atoms with Crippen molar-refractivity contribution in [1.29, 1.82) is 0 Å². The van der Waals surface area contributed by atoms with Crippen molar-refractivity contribution in [1.82, 2.24) is 5.27 Å². The van der Waals surface area contributed by atoms with E-state index in [-0.39, 0.29) is 16.7 Å². The quantitative estimate of drug-likeness (QED) is 0.485. The zero-order valence-corrected chi connectivity index (χ0v) is 16.7. The fraction of sp³-hybridized carbons (Fsp3) is 0.250. The fourth-order valence-corrected chi connectivity index (χ4v) is 3.52. The summed E-state index contributed by atoms with van der Waals surface area (Å²) in [5.41, 5.74) is 3.54. The molecule has 0 aliphatic carbocycles. The summed E-state index contributed by atoms with van der Waals surface area (Å²) in [5, 5.41) is 19.0. The van der Waals surface area contributed by atoms with Gasteiger partial charge in [0.15, 0.2) is 5.95 Å². The van der Waals surface area contributed by atoms with Crippen LogP contribution in [-0.4, -0.2) is 24.0 Å². The number of amides is 1. The van der Waals surface area contributed by atoms with Gasteiger partial charge in [-0.15, -0.1) is 0 Å². The van der Waals surface area contributed by atoms with Gasteiger partial charge in [0, 0.05) is 17.8 Å². The van der Waals surface area contributed by atoms with Gasteiger partial charge in [-0.2, -0.15) is 0 Å². The predicted octanol–water partition coefficient (Wildman–Crippen LogP) is 2.64. The maximum atomic E-state index is 12.5. The predicted molar refractivity (Wildman–Crippen MR) is 104 cm³/mol. The third-order valence-electron chi connectivity index (χ3n) is 4.23. The van der Waals surface area contributed by atoms with E-state index in [0.29, 0.717) is 11.4 Å². The van der Waals surface area contributed by atoms with Gasteiger partial charge in [0.05, 0.1) is 18.1 Å². The van der Waals surface area contributed by atoms with Crippen LogP contribution in [0.25, 0.3) is 5.69 Å². The second-order valence-electron chi connectivity index (χ2n) is 6.07. The van der Waals surface area contributed by atoms with E-state index < -0.39 is 5.95 Å². The molecule has 0 aliphatic heterocycles. The Kier molecular flexibility index (Phi) is 6.20. The molecule has 0 spiro atoms. The van der Waals surface area contributed by atoms with Crippen LogP contribution in [0.1, 0.15) is 18.1 Å². The van der Waals surface area contributed by atoms with E-state index in [9.17, 15) is 9.90 Å². The van der Waals surface area contributed by atoms with E-state index in [1.165, 1.54) is 4.68 Å². The van der Waals surface area contributed by atoms with Crippen molar-refractivity contribution in [2.24, 2.45) is 0 Å². The molecular weight excluding hydrogens is 378 g/mol. The smallest absolute Gasteiger partial charge is 0.298 e. The van der Waals surface area contributed by atoms with Gasteiger partial charge >= 0.3 is 0 Å². The molecule has 0 saturated heterocycles. The van der Waals surface area contributed by atoms with E-state index in [1.54, 1.807) is 31.4 Å². The third kappa shape index (κ3) is 4.28. The zero-order chi connectivity index (χ0) is 20.1. The molecule has 0 bridgehead atoms. The minimum absolute atomic E-state index is 0.0596. The van der Waals surface area contributed by atoms with Gasteiger partial charge in [0.1, 0.15) is 5.75 Å². The minimum atomic E-state index is -0.584. The molecule has 1 aromatic heterocycles. The second kappa shape index (κ2) is 8.79. The lowest BCUT2D eigenvalue weighted by molar-refractivity contribution is -0.705. The highest BCUT2D eigenvalue weighted by molar-refractivity contribution is 7.99. The molecule has 146 valence electrons. The summed E-state index contributed by atoms with van der Waals surface area (Å²) in [5.74, 6) is -0.0345. The van der Waals surface area contributed by atoms with Crippen molar-refractivity contribution < 1.29 is 23.8 Å². The summed E-state index contributed by atoms with van der Waals surface area (Å²) in [6, 6.07) is 12.9. The van der Waals surface area contributed by atoms with Crippen molar-refractivity contribution in [3.8, 4) is 17.4 Å². The Balaban J connectivity index is 1.73. The molecule has 0 atom stereocenters. The molecule has 0 radical (unpaired) electrons. The zero-order valence-electron chi connectivity index (χ0n) is 15.9. The SMILES string of the molecule is CCc1cccc(C)c1NC(=O)CSc1c([O-])on[n+]1-c1ccc(OC)cc1. The van der Waals surface area contributed by atoms with E-state index in [2.05, 4.69) is 10.6 Å². The van der Waals surface area contributed by atoms with Crippen molar-refractivity contribution in [2.45, 2.75) is 25.3 Å². The number of rotatable bonds is 7. The average molecular weight is 399 g/mol. The van der Waals surface area contributed by atoms with Gasteiger partial charge < -0.3 is 19.7 Å². The highest BCUT2D eigenvalue weighted by atomic mass is 32.2. The lowest BCUT2D eigenvalue weighted by Gasteiger charge is -2.12. The number of ether oxygens (including phenoxy) is 1. The highest BCUT2D eigenvalue weighted by Gasteiger charge is 2.22. The molecule has 2 aromatic carbocycles. The number of thioether (sulfide) groups is 1. The first-order valence-corrected chi connectivity index (χ1v) is 9.76. The van der Waals surface area contributed by atoms with Crippen LogP contribution in [0.3, 0.4) is 0 Å². The number of hydrogen-bond acceptors (Lipinski definition) is 6. The monoisotopic (exact) mass is 399 g/mol. The minimum Gasteiger partial charge on any atom is -0.538 e. The number of aromatic nitrogens is 2. The molecule has 1 amide bonds. The van der Waals surface area contributed by atoms with Crippen LogP contribution in [-0.2, 0) is 11.2 Å². The number of carbonyl (C=O) groups excluding carboxylic acids is 1. The molecule has 1 N–H and O–H groups in total. The van der Waals surface area contributed by atoms with E-state index in [1.807, 2.05) is 32.0 Å². The maximum absolute atomic E-state index is 12.5. The number of nitrogens with one attached hydrogen (secondary N) is 1. The molecule has 8 heteroatoms. The van der Waals surface area contributed by atoms with E-state index in [0.717, 1.165) is 35.0 Å². The molecule has 0 fully saturated rings. The number of benzene rings is 2. The standard InChI is InChI=1S/C20H21N3O4S/c1-4-14-7-5-6-13(2)18(14)21-17(24)12-28-19-20(25)27-22-23(19)15-8-10-16(26-3)11-9-15/h5-11H,4,12H2,1-3H3,(H-,21,22,24,25). The number of carbonyl (C=O) groups is 1. The Morgan fingerprint density at radius 3 is 2.71 bits per heavy atom. The largest absolute Gasteiger partial charge is 0.538 e. The van der Waals surface area contributed by atoms with Crippen LogP contribution in [0, 0.1) is 6.92 Å².